The van der Waals surface area contributed by atoms with Gasteiger partial charge >= 0.3 is 0 Å². The average Bonchev–Trinajstić information content (AvgIpc) is 2.93. The maximum atomic E-state index is 5.71. The number of nitrogens with two attached hydrogens (primary N) is 1. The molecule has 1 aromatic carbocycles. The SMILES string of the molecule is Cn1nc(-c2ccc3nc[nH]c3c2)c(Br)c1CN. The van der Waals surface area contributed by atoms with Gasteiger partial charge in [0.25, 0.3) is 0 Å². The number of benzene rings is 1. The van der Waals surface area contributed by atoms with Crippen molar-refractivity contribution < 1.29 is 0 Å². The molecule has 92 valence electrons. The first-order valence-electron chi connectivity index (χ1n) is 5.55. The second-order valence-corrected chi connectivity index (χ2v) is 4.86. The minimum Gasteiger partial charge on any atom is -0.345 e. The maximum Gasteiger partial charge on any atom is 0.107 e. The lowest BCUT2D eigenvalue weighted by Gasteiger charge is -1.98. The summed E-state index contributed by atoms with van der Waals surface area (Å²) < 4.78 is 2.75. The van der Waals surface area contributed by atoms with E-state index >= 15 is 0 Å². The minimum absolute atomic E-state index is 0.455. The van der Waals surface area contributed by atoms with Crippen LogP contribution in [0, 0.1) is 0 Å². The van der Waals surface area contributed by atoms with Gasteiger partial charge in [-0.2, -0.15) is 5.10 Å². The zero-order valence-corrected chi connectivity index (χ0v) is 11.4. The van der Waals surface area contributed by atoms with Crippen LogP contribution in [-0.2, 0) is 13.6 Å². The summed E-state index contributed by atoms with van der Waals surface area (Å²) in [7, 11) is 1.89. The van der Waals surface area contributed by atoms with Gasteiger partial charge in [-0.1, -0.05) is 6.07 Å². The molecule has 0 saturated carbocycles. The summed E-state index contributed by atoms with van der Waals surface area (Å²) in [5.74, 6) is 0. The highest BCUT2D eigenvalue weighted by Gasteiger charge is 2.14. The summed E-state index contributed by atoms with van der Waals surface area (Å²) in [5.41, 5.74) is 10.6. The van der Waals surface area contributed by atoms with Gasteiger partial charge in [-0.25, -0.2) is 4.98 Å². The van der Waals surface area contributed by atoms with E-state index in [-0.39, 0.29) is 0 Å². The van der Waals surface area contributed by atoms with E-state index in [1.165, 1.54) is 0 Å². The first-order chi connectivity index (χ1) is 8.70. The summed E-state index contributed by atoms with van der Waals surface area (Å²) in [6.07, 6.45) is 1.69. The van der Waals surface area contributed by atoms with E-state index in [1.54, 1.807) is 11.0 Å². The Bertz CT molecular complexity index is 712. The van der Waals surface area contributed by atoms with E-state index in [0.29, 0.717) is 6.54 Å². The van der Waals surface area contributed by atoms with Gasteiger partial charge in [0.2, 0.25) is 0 Å². The van der Waals surface area contributed by atoms with Gasteiger partial charge < -0.3 is 10.7 Å². The van der Waals surface area contributed by atoms with E-state index in [9.17, 15) is 0 Å². The number of hydrogen-bond donors (Lipinski definition) is 2. The molecule has 2 aromatic heterocycles. The van der Waals surface area contributed by atoms with Crippen LogP contribution in [0.1, 0.15) is 5.69 Å². The molecule has 0 aliphatic heterocycles. The molecule has 2 heterocycles. The number of nitrogens with zero attached hydrogens (tertiary/aromatic N) is 3. The second-order valence-electron chi connectivity index (χ2n) is 4.07. The van der Waals surface area contributed by atoms with Crippen molar-refractivity contribution in [1.82, 2.24) is 19.7 Å². The number of aromatic nitrogens is 4. The lowest BCUT2D eigenvalue weighted by atomic mass is 10.1. The Morgan fingerprint density at radius 3 is 3.00 bits per heavy atom. The number of imidazole rings is 1. The third-order valence-corrected chi connectivity index (χ3v) is 3.82. The fraction of sp³-hybridized carbons (Fsp3) is 0.167. The number of fused-ring (bicyclic) bond motifs is 1. The third kappa shape index (κ3) is 1.65. The maximum absolute atomic E-state index is 5.71. The standard InChI is InChI=1S/C12H12BrN5/c1-18-10(5-14)11(13)12(17-18)7-2-3-8-9(4-7)16-6-15-8/h2-4,6H,5,14H2,1H3,(H,15,16). The Morgan fingerprint density at radius 2 is 2.28 bits per heavy atom. The number of aryl methyl sites for hydroxylation is 1. The lowest BCUT2D eigenvalue weighted by molar-refractivity contribution is 0.713. The van der Waals surface area contributed by atoms with Crippen LogP contribution < -0.4 is 5.73 Å². The molecule has 0 bridgehead atoms. The van der Waals surface area contributed by atoms with Gasteiger partial charge in [0, 0.05) is 19.2 Å². The highest BCUT2D eigenvalue weighted by atomic mass is 79.9. The third-order valence-electron chi connectivity index (χ3n) is 2.99. The molecule has 6 heteroatoms. The quantitative estimate of drug-likeness (QED) is 0.762. The summed E-state index contributed by atoms with van der Waals surface area (Å²) in [6, 6.07) is 6.02. The number of aromatic amines is 1. The first kappa shape index (κ1) is 11.4. The predicted molar refractivity (Wildman–Crippen MR) is 73.9 cm³/mol. The fourth-order valence-corrected chi connectivity index (χ4v) is 2.75. The summed E-state index contributed by atoms with van der Waals surface area (Å²) in [5, 5.41) is 4.50. The highest BCUT2D eigenvalue weighted by Crippen LogP contribution is 2.31. The van der Waals surface area contributed by atoms with E-state index < -0.39 is 0 Å². The Kier molecular flexibility index (Phi) is 2.68. The van der Waals surface area contributed by atoms with Crippen LogP contribution in [0.3, 0.4) is 0 Å². The number of H-pyrrole nitrogens is 1. The molecule has 5 nitrogen and oxygen atoms in total. The van der Waals surface area contributed by atoms with Gasteiger partial charge in [-0.3, -0.25) is 4.68 Å². The molecular formula is C12H12BrN5. The van der Waals surface area contributed by atoms with Crippen molar-refractivity contribution in [1.29, 1.82) is 0 Å². The molecule has 3 aromatic rings. The number of halogens is 1. The van der Waals surface area contributed by atoms with Crippen LogP contribution in [0.5, 0.6) is 0 Å². The average molecular weight is 306 g/mol. The monoisotopic (exact) mass is 305 g/mol. The molecule has 3 N–H and O–H groups in total. The molecular weight excluding hydrogens is 294 g/mol. The van der Waals surface area contributed by atoms with Crippen molar-refractivity contribution in [2.45, 2.75) is 6.54 Å². The normalized spacial score (nSPS) is 11.3. The Balaban J connectivity index is 2.19. The van der Waals surface area contributed by atoms with Crippen molar-refractivity contribution in [3.05, 3.63) is 34.7 Å². The summed E-state index contributed by atoms with van der Waals surface area (Å²) in [6.45, 7) is 0.455. The molecule has 0 amide bonds. The molecule has 0 fully saturated rings. The number of rotatable bonds is 2. The molecule has 0 unspecified atom stereocenters. The van der Waals surface area contributed by atoms with Gasteiger partial charge in [-0.15, -0.1) is 0 Å². The topological polar surface area (TPSA) is 72.5 Å². The molecule has 3 rings (SSSR count). The Labute approximate surface area is 112 Å². The predicted octanol–water partition coefficient (Wildman–Crippen LogP) is 2.18. The summed E-state index contributed by atoms with van der Waals surface area (Å²) >= 11 is 3.56. The molecule has 0 aliphatic carbocycles. The Morgan fingerprint density at radius 1 is 1.44 bits per heavy atom. The minimum atomic E-state index is 0.455. The van der Waals surface area contributed by atoms with Crippen molar-refractivity contribution in [2.24, 2.45) is 12.8 Å². The molecule has 0 radical (unpaired) electrons. The van der Waals surface area contributed by atoms with Gasteiger partial charge in [0.1, 0.15) is 5.69 Å². The molecule has 0 aliphatic rings. The molecule has 0 spiro atoms. The second kappa shape index (κ2) is 4.22. The molecule has 0 saturated heterocycles. The van der Waals surface area contributed by atoms with E-state index in [0.717, 1.165) is 32.5 Å². The first-order valence-corrected chi connectivity index (χ1v) is 6.35. The van der Waals surface area contributed by atoms with E-state index in [1.807, 2.05) is 25.2 Å². The van der Waals surface area contributed by atoms with Crippen LogP contribution in [-0.4, -0.2) is 19.7 Å². The van der Waals surface area contributed by atoms with Crippen LogP contribution in [0.15, 0.2) is 29.0 Å². The largest absolute Gasteiger partial charge is 0.345 e. The van der Waals surface area contributed by atoms with Crippen molar-refractivity contribution >= 4 is 27.0 Å². The zero-order valence-electron chi connectivity index (χ0n) is 9.81. The molecule has 0 atom stereocenters. The van der Waals surface area contributed by atoms with Gasteiger partial charge in [-0.05, 0) is 28.1 Å². The Hall–Kier alpha value is -1.66. The number of nitrogens with one attached hydrogen (secondary N) is 1. The van der Waals surface area contributed by atoms with Gasteiger partial charge in [0.05, 0.1) is 27.5 Å². The fourth-order valence-electron chi connectivity index (χ4n) is 2.02. The van der Waals surface area contributed by atoms with Crippen molar-refractivity contribution in [2.75, 3.05) is 0 Å². The van der Waals surface area contributed by atoms with Crippen LogP contribution in [0.2, 0.25) is 0 Å². The lowest BCUT2D eigenvalue weighted by Crippen LogP contribution is -2.04. The van der Waals surface area contributed by atoms with Crippen LogP contribution in [0.4, 0.5) is 0 Å². The van der Waals surface area contributed by atoms with Gasteiger partial charge in [0.15, 0.2) is 0 Å². The van der Waals surface area contributed by atoms with Crippen LogP contribution in [0.25, 0.3) is 22.3 Å². The number of hydrogen-bond acceptors (Lipinski definition) is 3. The zero-order chi connectivity index (χ0) is 12.7. The van der Waals surface area contributed by atoms with E-state index in [2.05, 4.69) is 31.0 Å². The van der Waals surface area contributed by atoms with Crippen LogP contribution >= 0.6 is 15.9 Å². The van der Waals surface area contributed by atoms with E-state index in [4.69, 9.17) is 5.73 Å². The van der Waals surface area contributed by atoms with Crippen molar-refractivity contribution in [3.63, 3.8) is 0 Å². The smallest absolute Gasteiger partial charge is 0.107 e. The summed E-state index contributed by atoms with van der Waals surface area (Å²) in [4.78, 5) is 7.30. The highest BCUT2D eigenvalue weighted by molar-refractivity contribution is 9.10. The van der Waals surface area contributed by atoms with Crippen molar-refractivity contribution in [3.8, 4) is 11.3 Å². The molecule has 18 heavy (non-hydrogen) atoms.